The van der Waals surface area contributed by atoms with Gasteiger partial charge in [0.2, 0.25) is 5.91 Å². The molecule has 0 spiro atoms. The number of carbonyl (C=O) groups is 3. The highest BCUT2D eigenvalue weighted by Gasteiger charge is 2.23. The first kappa shape index (κ1) is 18.4. The Morgan fingerprint density at radius 3 is 2.28 bits per heavy atom. The summed E-state index contributed by atoms with van der Waals surface area (Å²) in [5.74, 6) is -0.554. The van der Waals surface area contributed by atoms with Crippen LogP contribution in [0.5, 0.6) is 0 Å². The number of carbonyl (C=O) groups excluding carboxylic acids is 3. The number of nitrogens with zero attached hydrogens (tertiary/aromatic N) is 2. The van der Waals surface area contributed by atoms with Crippen molar-refractivity contribution in [2.45, 2.75) is 39.2 Å². The molecule has 0 atom stereocenters. The number of hydrogen-bond donors (Lipinski definition) is 2. The second-order valence-electron chi connectivity index (χ2n) is 6.59. The van der Waals surface area contributed by atoms with Crippen LogP contribution in [0.4, 0.5) is 16.2 Å². The smallest absolute Gasteiger partial charge is 0.412 e. The van der Waals surface area contributed by atoms with Gasteiger partial charge in [0.25, 0.3) is 5.91 Å². The van der Waals surface area contributed by atoms with Crippen molar-refractivity contribution in [3.63, 3.8) is 0 Å². The average Bonchev–Trinajstić information content (AvgIpc) is 2.50. The maximum atomic E-state index is 12.4. The molecule has 2 rings (SSSR count). The van der Waals surface area contributed by atoms with Crippen LogP contribution in [0, 0.1) is 0 Å². The number of anilines is 2. The van der Waals surface area contributed by atoms with E-state index in [-0.39, 0.29) is 24.5 Å². The van der Waals surface area contributed by atoms with E-state index in [1.165, 1.54) is 7.05 Å². The van der Waals surface area contributed by atoms with Gasteiger partial charge in [-0.1, -0.05) is 12.1 Å². The zero-order valence-corrected chi connectivity index (χ0v) is 14.8. The molecular weight excluding hydrogens is 324 g/mol. The van der Waals surface area contributed by atoms with Crippen molar-refractivity contribution < 1.29 is 19.1 Å². The van der Waals surface area contributed by atoms with E-state index in [4.69, 9.17) is 4.74 Å². The van der Waals surface area contributed by atoms with Crippen LogP contribution in [0.2, 0.25) is 0 Å². The molecule has 3 amide bonds. The van der Waals surface area contributed by atoms with Crippen LogP contribution < -0.4 is 10.6 Å². The number of benzene rings is 1. The number of ether oxygens (including phenoxy) is 1. The molecule has 0 fully saturated rings. The third-order valence-electron chi connectivity index (χ3n) is 3.28. The Morgan fingerprint density at radius 1 is 1.12 bits per heavy atom. The monoisotopic (exact) mass is 346 g/mol. The third kappa shape index (κ3) is 5.30. The Bertz CT molecular complexity index is 722. The molecule has 0 radical (unpaired) electrons. The molecule has 1 aromatic carbocycles. The van der Waals surface area contributed by atoms with Gasteiger partial charge in [0.05, 0.1) is 11.4 Å². The fourth-order valence-corrected chi connectivity index (χ4v) is 2.14. The van der Waals surface area contributed by atoms with Crippen molar-refractivity contribution in [2.24, 2.45) is 5.10 Å². The molecule has 0 saturated carbocycles. The van der Waals surface area contributed by atoms with Gasteiger partial charge in [-0.25, -0.2) is 9.80 Å². The average molecular weight is 346 g/mol. The Labute approximate surface area is 146 Å². The highest BCUT2D eigenvalue weighted by molar-refractivity contribution is 6.43. The van der Waals surface area contributed by atoms with Gasteiger partial charge < -0.3 is 10.1 Å². The molecule has 1 aliphatic heterocycles. The second kappa shape index (κ2) is 7.33. The maximum absolute atomic E-state index is 12.4. The van der Waals surface area contributed by atoms with Gasteiger partial charge in [0.15, 0.2) is 0 Å². The van der Waals surface area contributed by atoms with Crippen LogP contribution in [0.1, 0.15) is 33.6 Å². The van der Waals surface area contributed by atoms with E-state index in [1.54, 1.807) is 45.0 Å². The lowest BCUT2D eigenvalue weighted by Gasteiger charge is -2.21. The highest BCUT2D eigenvalue weighted by Crippen LogP contribution is 2.22. The van der Waals surface area contributed by atoms with Crippen LogP contribution >= 0.6 is 0 Å². The summed E-state index contributed by atoms with van der Waals surface area (Å²) in [6.45, 7) is 5.29. The number of hydrogen-bond acceptors (Lipinski definition) is 5. The van der Waals surface area contributed by atoms with E-state index in [0.29, 0.717) is 11.4 Å². The van der Waals surface area contributed by atoms with Crippen molar-refractivity contribution in [1.29, 1.82) is 0 Å². The number of hydrazone groups is 1. The van der Waals surface area contributed by atoms with Crippen molar-refractivity contribution in [3.05, 3.63) is 24.3 Å². The normalized spacial score (nSPS) is 14.6. The fraction of sp³-hybridized carbons (Fsp3) is 0.412. The molecule has 8 nitrogen and oxygen atoms in total. The molecule has 0 saturated heterocycles. The number of nitrogens with one attached hydrogen (secondary N) is 2. The topological polar surface area (TPSA) is 100 Å². The highest BCUT2D eigenvalue weighted by atomic mass is 16.6. The first-order chi connectivity index (χ1) is 11.7. The van der Waals surface area contributed by atoms with Crippen molar-refractivity contribution in [1.82, 2.24) is 5.01 Å². The summed E-state index contributed by atoms with van der Waals surface area (Å²) in [5, 5.41) is 10.4. The van der Waals surface area contributed by atoms with Crippen molar-refractivity contribution >= 4 is 35.0 Å². The molecule has 0 bridgehead atoms. The van der Waals surface area contributed by atoms with Crippen molar-refractivity contribution in [2.75, 3.05) is 17.7 Å². The van der Waals surface area contributed by atoms with Gasteiger partial charge in [0.1, 0.15) is 11.3 Å². The van der Waals surface area contributed by atoms with E-state index in [9.17, 15) is 14.4 Å². The largest absolute Gasteiger partial charge is 0.444 e. The zero-order chi connectivity index (χ0) is 18.6. The van der Waals surface area contributed by atoms with Crippen molar-refractivity contribution in [3.8, 4) is 0 Å². The minimum atomic E-state index is -0.629. The molecule has 25 heavy (non-hydrogen) atoms. The Balaban J connectivity index is 2.10. The summed E-state index contributed by atoms with van der Waals surface area (Å²) >= 11 is 0. The molecule has 1 aromatic rings. The van der Waals surface area contributed by atoms with Gasteiger partial charge in [-0.05, 0) is 32.9 Å². The quantitative estimate of drug-likeness (QED) is 0.878. The van der Waals surface area contributed by atoms with Crippen LogP contribution in [0.3, 0.4) is 0 Å². The lowest BCUT2D eigenvalue weighted by molar-refractivity contribution is -0.130. The predicted octanol–water partition coefficient (Wildman–Crippen LogP) is 2.58. The Morgan fingerprint density at radius 2 is 1.72 bits per heavy atom. The van der Waals surface area contributed by atoms with Gasteiger partial charge in [-0.2, -0.15) is 5.10 Å². The summed E-state index contributed by atoms with van der Waals surface area (Å²) in [5.41, 5.74) is 0.455. The van der Waals surface area contributed by atoms with Crippen LogP contribution in [-0.2, 0) is 14.3 Å². The predicted molar refractivity (Wildman–Crippen MR) is 94.4 cm³/mol. The summed E-state index contributed by atoms with van der Waals surface area (Å²) in [4.78, 5) is 35.7. The first-order valence-electron chi connectivity index (χ1n) is 7.90. The molecule has 134 valence electrons. The van der Waals surface area contributed by atoms with Crippen LogP contribution in [-0.4, -0.2) is 41.3 Å². The van der Waals surface area contributed by atoms with E-state index in [1.807, 2.05) is 0 Å². The summed E-state index contributed by atoms with van der Waals surface area (Å²) < 4.78 is 5.21. The van der Waals surface area contributed by atoms with Gasteiger partial charge >= 0.3 is 6.09 Å². The molecule has 1 aliphatic rings. The van der Waals surface area contributed by atoms with E-state index >= 15 is 0 Å². The minimum Gasteiger partial charge on any atom is -0.444 e. The number of rotatable bonds is 3. The van der Waals surface area contributed by atoms with Gasteiger partial charge in [-0.3, -0.25) is 14.9 Å². The lowest BCUT2D eigenvalue weighted by atomic mass is 10.1. The second-order valence-corrected chi connectivity index (χ2v) is 6.59. The molecule has 1 heterocycles. The Kier molecular flexibility index (Phi) is 5.41. The van der Waals surface area contributed by atoms with Crippen LogP contribution in [0.15, 0.2) is 29.4 Å². The zero-order valence-electron chi connectivity index (χ0n) is 14.8. The molecule has 8 heteroatoms. The lowest BCUT2D eigenvalue weighted by Crippen LogP contribution is -2.34. The van der Waals surface area contributed by atoms with E-state index in [0.717, 1.165) is 5.01 Å². The third-order valence-corrected chi connectivity index (χ3v) is 3.28. The fourth-order valence-electron chi connectivity index (χ4n) is 2.14. The van der Waals surface area contributed by atoms with Gasteiger partial charge in [0, 0.05) is 19.9 Å². The molecular formula is C17H22N4O4. The summed E-state index contributed by atoms with van der Waals surface area (Å²) in [6.07, 6.45) is -0.105. The minimum absolute atomic E-state index is 0.136. The number of para-hydroxylation sites is 2. The van der Waals surface area contributed by atoms with Gasteiger partial charge in [-0.15, -0.1) is 0 Å². The first-order valence-corrected chi connectivity index (χ1v) is 7.90. The molecule has 2 N–H and O–H groups in total. The molecule has 0 aromatic heterocycles. The van der Waals surface area contributed by atoms with Crippen LogP contribution in [0.25, 0.3) is 0 Å². The standard InChI is InChI=1S/C17H22N4O4/c1-17(2,3)25-16(24)19-12-8-6-5-7-11(12)18-15(23)13-9-10-14(22)21(4)20-13/h5-8H,9-10H2,1-4H3,(H,18,23)(H,19,24). The summed E-state index contributed by atoms with van der Waals surface area (Å²) in [7, 11) is 1.51. The Hall–Kier alpha value is -2.90. The molecule has 0 aliphatic carbocycles. The summed E-state index contributed by atoms with van der Waals surface area (Å²) in [6, 6.07) is 6.77. The maximum Gasteiger partial charge on any atom is 0.412 e. The number of amides is 3. The van der Waals surface area contributed by atoms with E-state index in [2.05, 4.69) is 15.7 Å². The molecule has 0 unspecified atom stereocenters. The SMILES string of the molecule is CN1N=C(C(=O)Nc2ccccc2NC(=O)OC(C)(C)C)CCC1=O. The van der Waals surface area contributed by atoms with E-state index < -0.39 is 17.6 Å².